The van der Waals surface area contributed by atoms with Gasteiger partial charge >= 0.3 is 0 Å². The van der Waals surface area contributed by atoms with Gasteiger partial charge in [0, 0.05) is 64.1 Å². The van der Waals surface area contributed by atoms with Gasteiger partial charge in [0.1, 0.15) is 11.2 Å². The van der Waals surface area contributed by atoms with Gasteiger partial charge in [-0.2, -0.15) is 0 Å². The minimum atomic E-state index is 0.602. The Kier molecular flexibility index (Phi) is 7.03. The third-order valence-electron chi connectivity index (χ3n) is 11.1. The summed E-state index contributed by atoms with van der Waals surface area (Å²) in [7, 11) is 0. The summed E-state index contributed by atoms with van der Waals surface area (Å²) in [5.74, 6) is 1.85. The Balaban J connectivity index is 1.06. The van der Waals surface area contributed by atoms with Crippen LogP contribution in [0.3, 0.4) is 0 Å². The number of furan rings is 1. The van der Waals surface area contributed by atoms with E-state index in [9.17, 15) is 0 Å². The molecule has 4 aromatic heterocycles. The number of thiophene rings is 1. The summed E-state index contributed by atoms with van der Waals surface area (Å²) in [5.41, 5.74) is 10.2. The van der Waals surface area contributed by atoms with Crippen LogP contribution >= 0.6 is 11.3 Å². The van der Waals surface area contributed by atoms with Crippen molar-refractivity contribution in [3.05, 3.63) is 182 Å². The largest absolute Gasteiger partial charge is 0.456 e. The van der Waals surface area contributed by atoms with Crippen LogP contribution in [0.25, 0.3) is 115 Å². The molecule has 0 unspecified atom stereocenters. The van der Waals surface area contributed by atoms with E-state index in [0.717, 1.165) is 49.9 Å². The zero-order valence-electron chi connectivity index (χ0n) is 30.4. The van der Waals surface area contributed by atoms with Gasteiger partial charge in [0.15, 0.2) is 17.5 Å². The van der Waals surface area contributed by atoms with E-state index in [1.807, 2.05) is 84.1 Å². The number of hydrogen-bond donors (Lipinski definition) is 0. The molecule has 0 saturated heterocycles. The van der Waals surface area contributed by atoms with E-state index >= 15 is 0 Å². The van der Waals surface area contributed by atoms with Crippen molar-refractivity contribution in [3.63, 3.8) is 0 Å². The van der Waals surface area contributed by atoms with Gasteiger partial charge in [0.2, 0.25) is 0 Å². The maximum atomic E-state index is 6.53. The highest BCUT2D eigenvalue weighted by Crippen LogP contribution is 2.44. The molecule has 5 nitrogen and oxygen atoms in total. The number of nitrogens with zero attached hydrogens (tertiary/aromatic N) is 4. The van der Waals surface area contributed by atoms with Gasteiger partial charge in [0.05, 0.1) is 11.0 Å². The molecule has 0 radical (unpaired) electrons. The number of aromatic nitrogens is 4. The zero-order valence-corrected chi connectivity index (χ0v) is 31.2. The van der Waals surface area contributed by atoms with Crippen LogP contribution in [-0.4, -0.2) is 19.5 Å². The molecule has 0 spiro atoms. The van der Waals surface area contributed by atoms with Crippen molar-refractivity contribution in [2.75, 3.05) is 0 Å². The summed E-state index contributed by atoms with van der Waals surface area (Å²) in [6, 6.07) is 63.8. The van der Waals surface area contributed by atoms with Crippen molar-refractivity contribution in [2.45, 2.75) is 0 Å². The van der Waals surface area contributed by atoms with E-state index in [1.165, 1.54) is 47.5 Å². The third kappa shape index (κ3) is 5.04. The molecular weight excluding hydrogens is 717 g/mol. The highest BCUT2D eigenvalue weighted by atomic mass is 32.1. The van der Waals surface area contributed by atoms with E-state index in [1.54, 1.807) is 0 Å². The highest BCUT2D eigenvalue weighted by Gasteiger charge is 2.20. The van der Waals surface area contributed by atoms with Gasteiger partial charge < -0.3 is 8.98 Å². The second kappa shape index (κ2) is 12.6. The Bertz CT molecular complexity index is 3420. The first-order valence-electron chi connectivity index (χ1n) is 19.0. The maximum absolute atomic E-state index is 6.53. The lowest BCUT2D eigenvalue weighted by atomic mass is 9.97. The van der Waals surface area contributed by atoms with Crippen LogP contribution in [0, 0.1) is 0 Å². The predicted octanol–water partition coefficient (Wildman–Crippen LogP) is 13.9. The average Bonchev–Trinajstić information content (AvgIpc) is 3.96. The smallest absolute Gasteiger partial charge is 0.164 e. The molecule has 0 bridgehead atoms. The predicted molar refractivity (Wildman–Crippen MR) is 236 cm³/mol. The lowest BCUT2D eigenvalue weighted by Gasteiger charge is -2.10. The van der Waals surface area contributed by atoms with Gasteiger partial charge in [-0.25, -0.2) is 15.0 Å². The first-order chi connectivity index (χ1) is 28.2. The highest BCUT2D eigenvalue weighted by molar-refractivity contribution is 7.26. The van der Waals surface area contributed by atoms with Gasteiger partial charge in [-0.15, -0.1) is 11.3 Å². The second-order valence-corrected chi connectivity index (χ2v) is 15.4. The van der Waals surface area contributed by atoms with E-state index in [2.05, 4.69) is 114 Å². The number of para-hydroxylation sites is 2. The molecule has 0 atom stereocenters. The number of benzene rings is 8. The van der Waals surface area contributed by atoms with Crippen LogP contribution in [0.2, 0.25) is 0 Å². The molecule has 57 heavy (non-hydrogen) atoms. The molecule has 0 amide bonds. The van der Waals surface area contributed by atoms with Crippen molar-refractivity contribution < 1.29 is 4.42 Å². The van der Waals surface area contributed by atoms with Crippen molar-refractivity contribution >= 4 is 75.3 Å². The van der Waals surface area contributed by atoms with E-state index in [0.29, 0.717) is 17.5 Å². The van der Waals surface area contributed by atoms with Crippen LogP contribution in [0.1, 0.15) is 0 Å². The van der Waals surface area contributed by atoms with Gasteiger partial charge in [-0.1, -0.05) is 127 Å². The van der Waals surface area contributed by atoms with E-state index < -0.39 is 0 Å². The summed E-state index contributed by atoms with van der Waals surface area (Å²) >= 11 is 1.84. The van der Waals surface area contributed by atoms with Crippen LogP contribution in [0.5, 0.6) is 0 Å². The van der Waals surface area contributed by atoms with Crippen molar-refractivity contribution in [1.29, 1.82) is 0 Å². The first kappa shape index (κ1) is 31.9. The molecule has 6 heteroatoms. The summed E-state index contributed by atoms with van der Waals surface area (Å²) < 4.78 is 11.4. The molecule has 0 aliphatic rings. The lowest BCUT2D eigenvalue weighted by molar-refractivity contribution is 0.669. The molecule has 8 aromatic carbocycles. The average molecular weight is 747 g/mol. The Hall–Kier alpha value is -7.41. The van der Waals surface area contributed by atoms with Gasteiger partial charge in [-0.05, 0) is 65.7 Å². The first-order valence-corrected chi connectivity index (χ1v) is 19.8. The fourth-order valence-electron chi connectivity index (χ4n) is 8.50. The van der Waals surface area contributed by atoms with Gasteiger partial charge in [0.25, 0.3) is 0 Å². The quantitative estimate of drug-likeness (QED) is 0.176. The molecule has 0 aliphatic carbocycles. The summed E-state index contributed by atoms with van der Waals surface area (Å²) in [5, 5.41) is 7.01. The fraction of sp³-hybridized carbons (Fsp3) is 0. The minimum Gasteiger partial charge on any atom is -0.456 e. The Morgan fingerprint density at radius 1 is 0.386 bits per heavy atom. The van der Waals surface area contributed by atoms with Gasteiger partial charge in [-0.3, -0.25) is 0 Å². The Morgan fingerprint density at radius 3 is 1.74 bits per heavy atom. The maximum Gasteiger partial charge on any atom is 0.164 e. The normalized spacial score (nSPS) is 11.9. The minimum absolute atomic E-state index is 0.602. The molecule has 0 aliphatic heterocycles. The molecule has 0 fully saturated rings. The lowest BCUT2D eigenvalue weighted by Crippen LogP contribution is -2.00. The van der Waals surface area contributed by atoms with E-state index in [4.69, 9.17) is 19.4 Å². The topological polar surface area (TPSA) is 56.7 Å². The van der Waals surface area contributed by atoms with Crippen molar-refractivity contribution in [1.82, 2.24) is 19.5 Å². The summed E-state index contributed by atoms with van der Waals surface area (Å²) in [6.45, 7) is 0. The number of rotatable bonds is 5. The molecule has 4 heterocycles. The molecule has 0 saturated carbocycles. The SMILES string of the molecule is c1ccc(-c2nc(-c3ccccc3)nc(-c3cccc4oc5ccc(-c6cccc7sc8ccc(-n9c%10ccccc%10c%10ccccc%109)cc8c67)cc5c34)n2)cc1. The Morgan fingerprint density at radius 2 is 1.02 bits per heavy atom. The van der Waals surface area contributed by atoms with E-state index in [-0.39, 0.29) is 0 Å². The van der Waals surface area contributed by atoms with Crippen molar-refractivity contribution in [3.8, 4) is 51.0 Å². The number of fused-ring (bicyclic) bond motifs is 9. The number of hydrogen-bond acceptors (Lipinski definition) is 5. The molecule has 0 N–H and O–H groups in total. The standard InChI is InChI=1S/C51H30N4OS/c1-3-13-31(14-4-1)49-52-50(32-15-5-2-6-16-32)54-51(53-49)38-20-11-23-44-47(38)39-29-33(25-27-43(39)56-44)35-19-12-24-46-48(35)40-30-34(26-28-45(40)57-46)55-41-21-9-7-17-36(41)37-18-8-10-22-42(37)55/h1-30H. The van der Waals surface area contributed by atoms with Crippen LogP contribution in [-0.2, 0) is 0 Å². The summed E-state index contributed by atoms with van der Waals surface area (Å²) in [6.07, 6.45) is 0. The monoisotopic (exact) mass is 746 g/mol. The molecular formula is C51H30N4OS. The molecule has 266 valence electrons. The Labute approximate surface area is 330 Å². The molecule has 12 rings (SSSR count). The molecule has 12 aromatic rings. The van der Waals surface area contributed by atoms with Crippen LogP contribution < -0.4 is 0 Å². The van der Waals surface area contributed by atoms with Crippen LogP contribution in [0.15, 0.2) is 186 Å². The zero-order chi connectivity index (χ0) is 37.5. The fourth-order valence-corrected chi connectivity index (χ4v) is 9.62. The second-order valence-electron chi connectivity index (χ2n) is 14.4. The summed E-state index contributed by atoms with van der Waals surface area (Å²) in [4.78, 5) is 15.1. The van der Waals surface area contributed by atoms with Crippen LogP contribution in [0.4, 0.5) is 0 Å². The third-order valence-corrected chi connectivity index (χ3v) is 12.2. The van der Waals surface area contributed by atoms with Crippen molar-refractivity contribution in [2.24, 2.45) is 0 Å².